The molecular weight excluding hydrogens is 664 g/mol. The van der Waals surface area contributed by atoms with Crippen molar-refractivity contribution < 1.29 is 28.3 Å². The summed E-state index contributed by atoms with van der Waals surface area (Å²) in [5.41, 5.74) is 2.17. The van der Waals surface area contributed by atoms with E-state index in [0.717, 1.165) is 0 Å². The number of carbonyl (C=O) groups is 1. The number of nitriles is 1. The van der Waals surface area contributed by atoms with Crippen LogP contribution in [0.2, 0.25) is 5.02 Å². The number of anilines is 1. The van der Waals surface area contributed by atoms with E-state index in [1.807, 2.05) is 0 Å². The van der Waals surface area contributed by atoms with Crippen LogP contribution in [0.1, 0.15) is 27.3 Å². The summed E-state index contributed by atoms with van der Waals surface area (Å²) >= 11 is 7.61. The summed E-state index contributed by atoms with van der Waals surface area (Å²) in [7, 11) is 0. The van der Waals surface area contributed by atoms with Gasteiger partial charge in [0, 0.05) is 33.3 Å². The first-order valence-electron chi connectivity index (χ1n) is 14.8. The maximum atomic E-state index is 13.9. The standard InChI is InChI=1S/C33H26ClF2N7O4S/c1-19-40-26-17-39-30(41-9-11-43(12-10-41,13-14-44)33(35)36)24(16-37)27(26)31(45)42(19)8-2-3-20-4-5-21(34)15-23(20)22-6-7-38-28-25(32(46)47)18-48-29(22)28/h4-7,15,17-18,33,44H,8-14H2,1H3/p+1. The minimum Gasteiger partial charge on any atom is -0.478 e. The number of benzene rings is 1. The fraction of sp³-hybridized carbons (Fsp3) is 0.273. The van der Waals surface area contributed by atoms with Crippen molar-refractivity contribution in [2.75, 3.05) is 44.2 Å². The molecule has 5 heterocycles. The van der Waals surface area contributed by atoms with E-state index < -0.39 is 22.6 Å². The molecule has 0 bridgehead atoms. The maximum Gasteiger partial charge on any atom is 0.381 e. The monoisotopic (exact) mass is 690 g/mol. The first kappa shape index (κ1) is 32.9. The van der Waals surface area contributed by atoms with E-state index in [1.165, 1.54) is 33.7 Å². The summed E-state index contributed by atoms with van der Waals surface area (Å²) in [5.74, 6) is 5.64. The number of carboxylic acid groups (broad SMARTS) is 1. The minimum atomic E-state index is -2.66. The number of hydrogen-bond donors (Lipinski definition) is 2. The third kappa shape index (κ3) is 5.84. The van der Waals surface area contributed by atoms with E-state index in [4.69, 9.17) is 11.6 Å². The number of halogens is 3. The molecule has 1 aliphatic rings. The minimum absolute atomic E-state index is 0.00397. The summed E-state index contributed by atoms with van der Waals surface area (Å²) in [6.45, 7) is -1.13. The Labute approximate surface area is 281 Å². The Hall–Kier alpha value is -4.99. The Balaban J connectivity index is 1.35. The zero-order valence-corrected chi connectivity index (χ0v) is 27.0. The molecule has 0 spiro atoms. The van der Waals surface area contributed by atoms with Gasteiger partial charge in [-0.05, 0) is 31.2 Å². The summed E-state index contributed by atoms with van der Waals surface area (Å²) in [6.07, 6.45) is 2.94. The van der Waals surface area contributed by atoms with Crippen molar-refractivity contribution in [2.45, 2.75) is 20.0 Å². The second-order valence-electron chi connectivity index (χ2n) is 11.2. The van der Waals surface area contributed by atoms with Crippen LogP contribution in [-0.4, -0.2) is 86.1 Å². The van der Waals surface area contributed by atoms with E-state index >= 15 is 0 Å². The number of rotatable bonds is 7. The lowest BCUT2D eigenvalue weighted by molar-refractivity contribution is -0.979. The number of fused-ring (bicyclic) bond motifs is 2. The van der Waals surface area contributed by atoms with Crippen LogP contribution in [0.4, 0.5) is 14.6 Å². The maximum absolute atomic E-state index is 13.9. The van der Waals surface area contributed by atoms with E-state index in [9.17, 15) is 33.8 Å². The van der Waals surface area contributed by atoms with Gasteiger partial charge in [0.2, 0.25) is 0 Å². The summed E-state index contributed by atoms with van der Waals surface area (Å²) in [6, 6.07) is 9.01. The highest BCUT2D eigenvalue weighted by molar-refractivity contribution is 7.18. The highest BCUT2D eigenvalue weighted by atomic mass is 35.5. The molecule has 244 valence electrons. The molecule has 0 atom stereocenters. The van der Waals surface area contributed by atoms with Crippen LogP contribution in [0.3, 0.4) is 0 Å². The van der Waals surface area contributed by atoms with Gasteiger partial charge in [0.15, 0.2) is 0 Å². The Kier molecular flexibility index (Phi) is 9.09. The molecule has 0 unspecified atom stereocenters. The van der Waals surface area contributed by atoms with Crippen molar-refractivity contribution in [3.63, 3.8) is 0 Å². The molecule has 0 aliphatic carbocycles. The lowest BCUT2D eigenvalue weighted by Gasteiger charge is -2.43. The van der Waals surface area contributed by atoms with Gasteiger partial charge in [-0.15, -0.1) is 11.3 Å². The summed E-state index contributed by atoms with van der Waals surface area (Å²) < 4.78 is 29.3. The number of pyridine rings is 2. The largest absolute Gasteiger partial charge is 0.478 e. The highest BCUT2D eigenvalue weighted by Crippen LogP contribution is 2.36. The van der Waals surface area contributed by atoms with Crippen molar-refractivity contribution in [3.05, 3.63) is 79.9 Å². The van der Waals surface area contributed by atoms with Crippen LogP contribution in [0, 0.1) is 30.1 Å². The second kappa shape index (κ2) is 13.3. The number of aliphatic hydroxyl groups is 1. The van der Waals surface area contributed by atoms with Crippen LogP contribution < -0.4 is 10.5 Å². The lowest BCUT2D eigenvalue weighted by Crippen LogP contribution is -2.63. The fourth-order valence-corrected chi connectivity index (χ4v) is 7.19. The molecule has 1 aliphatic heterocycles. The normalized spacial score (nSPS) is 14.2. The molecular formula is C33H27ClF2N7O4S+. The molecule has 1 aromatic carbocycles. The van der Waals surface area contributed by atoms with Gasteiger partial charge < -0.3 is 15.1 Å². The zero-order valence-electron chi connectivity index (χ0n) is 25.5. The Morgan fingerprint density at radius 3 is 2.67 bits per heavy atom. The van der Waals surface area contributed by atoms with Gasteiger partial charge in [-0.1, -0.05) is 23.4 Å². The number of thiophene rings is 1. The van der Waals surface area contributed by atoms with Crippen molar-refractivity contribution in [2.24, 2.45) is 0 Å². The van der Waals surface area contributed by atoms with Gasteiger partial charge in [-0.25, -0.2) is 14.8 Å². The first-order valence-corrected chi connectivity index (χ1v) is 16.0. The molecule has 48 heavy (non-hydrogen) atoms. The Bertz CT molecular complexity index is 2250. The van der Waals surface area contributed by atoms with Crippen molar-refractivity contribution >= 4 is 55.8 Å². The second-order valence-corrected chi connectivity index (χ2v) is 12.6. The van der Waals surface area contributed by atoms with Gasteiger partial charge >= 0.3 is 12.5 Å². The molecule has 1 saturated heterocycles. The number of aromatic carboxylic acids is 1. The highest BCUT2D eigenvalue weighted by Gasteiger charge is 2.41. The van der Waals surface area contributed by atoms with Crippen molar-refractivity contribution in [1.29, 1.82) is 5.26 Å². The number of piperazine rings is 1. The predicted molar refractivity (Wildman–Crippen MR) is 177 cm³/mol. The molecule has 0 saturated carbocycles. The SMILES string of the molecule is Cc1nc2cnc(N3CC[N+](CCO)(C(F)F)CC3)c(C#N)c2c(=O)n1CC#Cc1ccc(Cl)cc1-c1ccnc2c(C(=O)O)csc12. The van der Waals surface area contributed by atoms with Crippen molar-refractivity contribution in [1.82, 2.24) is 19.5 Å². The van der Waals surface area contributed by atoms with Crippen LogP contribution in [-0.2, 0) is 6.54 Å². The van der Waals surface area contributed by atoms with Gasteiger partial charge in [0.05, 0.1) is 59.1 Å². The molecule has 11 nitrogen and oxygen atoms in total. The molecule has 2 N–H and O–H groups in total. The number of aromatic nitrogens is 4. The van der Waals surface area contributed by atoms with Gasteiger partial charge in [0.1, 0.15) is 42.9 Å². The van der Waals surface area contributed by atoms with E-state index in [1.54, 1.807) is 36.1 Å². The van der Waals surface area contributed by atoms with Crippen LogP contribution in [0.5, 0.6) is 0 Å². The fourth-order valence-electron chi connectivity index (χ4n) is 5.99. The average molecular weight is 691 g/mol. The molecule has 5 aromatic rings. The molecule has 0 amide bonds. The third-order valence-electron chi connectivity index (χ3n) is 8.59. The summed E-state index contributed by atoms with van der Waals surface area (Å²) in [5, 5.41) is 31.2. The number of alkyl halides is 2. The quantitative estimate of drug-likeness (QED) is 0.143. The van der Waals surface area contributed by atoms with Crippen molar-refractivity contribution in [3.8, 4) is 29.0 Å². The third-order valence-corrected chi connectivity index (χ3v) is 9.83. The van der Waals surface area contributed by atoms with E-state index in [2.05, 4.69) is 32.9 Å². The molecule has 0 radical (unpaired) electrons. The zero-order chi connectivity index (χ0) is 34.2. The summed E-state index contributed by atoms with van der Waals surface area (Å²) in [4.78, 5) is 40.5. The number of aryl methyl sites for hydroxylation is 1. The smallest absolute Gasteiger partial charge is 0.381 e. The Morgan fingerprint density at radius 2 is 1.98 bits per heavy atom. The lowest BCUT2D eigenvalue weighted by atomic mass is 10.00. The molecule has 15 heteroatoms. The van der Waals surface area contributed by atoms with Gasteiger partial charge in [-0.3, -0.25) is 18.8 Å². The van der Waals surface area contributed by atoms with Crippen LogP contribution >= 0.6 is 22.9 Å². The Morgan fingerprint density at radius 1 is 1.21 bits per heavy atom. The van der Waals surface area contributed by atoms with Gasteiger partial charge in [0.25, 0.3) is 5.56 Å². The van der Waals surface area contributed by atoms with Crippen LogP contribution in [0.15, 0.2) is 46.8 Å². The number of quaternary nitrogens is 1. The molecule has 6 rings (SSSR count). The predicted octanol–water partition coefficient (Wildman–Crippen LogP) is 4.50. The van der Waals surface area contributed by atoms with Crippen LogP contribution in [0.25, 0.3) is 32.2 Å². The number of hydrogen-bond acceptors (Lipinski definition) is 9. The van der Waals surface area contributed by atoms with E-state index in [-0.39, 0.29) is 73.7 Å². The number of aliphatic hydroxyl groups excluding tert-OH is 1. The average Bonchev–Trinajstić information content (AvgIpc) is 3.52. The first-order chi connectivity index (χ1) is 23.1. The topological polar surface area (TPSA) is 145 Å². The number of carboxylic acids is 1. The molecule has 1 fully saturated rings. The number of nitrogens with zero attached hydrogens (tertiary/aromatic N) is 7. The van der Waals surface area contributed by atoms with E-state index in [0.29, 0.717) is 37.8 Å². The molecule has 4 aromatic heterocycles. The van der Waals surface area contributed by atoms with Gasteiger partial charge in [-0.2, -0.15) is 14.0 Å².